The smallest absolute Gasteiger partial charge is 0.289 e. The number of nitro benzene ring substituents is 1. The summed E-state index contributed by atoms with van der Waals surface area (Å²) >= 11 is 5.66. The number of halogens is 1. The molecule has 5 nitrogen and oxygen atoms in total. The molecule has 0 spiro atoms. The van der Waals surface area contributed by atoms with E-state index in [9.17, 15) is 14.9 Å². The van der Waals surface area contributed by atoms with Gasteiger partial charge in [-0.05, 0) is 18.6 Å². The molecule has 1 aromatic carbocycles. The molecule has 1 rings (SSSR count). The van der Waals surface area contributed by atoms with Gasteiger partial charge in [0.2, 0.25) is 5.91 Å². The molecule has 0 aliphatic carbocycles. The van der Waals surface area contributed by atoms with Crippen molar-refractivity contribution in [2.24, 2.45) is 0 Å². The lowest BCUT2D eigenvalue weighted by Crippen LogP contribution is -2.11. The Morgan fingerprint density at radius 1 is 1.53 bits per heavy atom. The second-order valence-corrected chi connectivity index (χ2v) is 3.98. The van der Waals surface area contributed by atoms with Crippen molar-refractivity contribution in [3.63, 3.8) is 0 Å². The molecule has 1 amide bonds. The molecule has 0 bridgehead atoms. The Morgan fingerprint density at radius 2 is 2.24 bits per heavy atom. The number of hydrogen-bond donors (Lipinski definition) is 1. The lowest BCUT2D eigenvalue weighted by molar-refractivity contribution is -0.384. The zero-order chi connectivity index (χ0) is 12.8. The summed E-state index contributed by atoms with van der Waals surface area (Å²) in [5.41, 5.74) is 0.183. The van der Waals surface area contributed by atoms with Gasteiger partial charge in [0.25, 0.3) is 5.69 Å². The average molecular weight is 257 g/mol. The lowest BCUT2D eigenvalue weighted by Gasteiger charge is -2.05. The van der Waals surface area contributed by atoms with Crippen LogP contribution in [0.15, 0.2) is 18.2 Å². The normalized spacial score (nSPS) is 10.0. The largest absolute Gasteiger partial charge is 0.326 e. The van der Waals surface area contributed by atoms with Crippen molar-refractivity contribution in [2.75, 3.05) is 5.32 Å². The minimum Gasteiger partial charge on any atom is -0.326 e. The number of nitro groups is 1. The summed E-state index contributed by atoms with van der Waals surface area (Å²) in [6.45, 7) is 1.99. The minimum atomic E-state index is -0.579. The fraction of sp³-hybridized carbons (Fsp3) is 0.364. The number of unbranched alkanes of at least 4 members (excludes halogenated alkanes) is 1. The van der Waals surface area contributed by atoms with Crippen LogP contribution in [0.1, 0.15) is 26.2 Å². The first-order valence-electron chi connectivity index (χ1n) is 5.28. The number of rotatable bonds is 5. The van der Waals surface area contributed by atoms with Crippen LogP contribution in [0.5, 0.6) is 0 Å². The monoisotopic (exact) mass is 256 g/mol. The fourth-order valence-corrected chi connectivity index (χ4v) is 1.48. The first-order valence-corrected chi connectivity index (χ1v) is 5.66. The maximum atomic E-state index is 11.4. The van der Waals surface area contributed by atoms with Crippen molar-refractivity contribution in [2.45, 2.75) is 26.2 Å². The number of carbonyl (C=O) groups excluding carboxylic acids is 1. The molecular formula is C11H13ClN2O3. The number of carbonyl (C=O) groups is 1. The highest BCUT2D eigenvalue weighted by molar-refractivity contribution is 6.32. The Morgan fingerprint density at radius 3 is 2.82 bits per heavy atom. The van der Waals surface area contributed by atoms with Crippen molar-refractivity contribution >= 4 is 28.9 Å². The van der Waals surface area contributed by atoms with E-state index in [-0.39, 0.29) is 16.6 Å². The van der Waals surface area contributed by atoms with Crippen LogP contribution in [0.4, 0.5) is 11.4 Å². The predicted molar refractivity (Wildman–Crippen MR) is 66.3 cm³/mol. The van der Waals surface area contributed by atoms with Crippen LogP contribution in [0.3, 0.4) is 0 Å². The molecule has 0 unspecified atom stereocenters. The van der Waals surface area contributed by atoms with Crippen LogP contribution < -0.4 is 5.32 Å². The summed E-state index contributed by atoms with van der Waals surface area (Å²) in [6, 6.07) is 4.19. The van der Waals surface area contributed by atoms with Gasteiger partial charge in [0.15, 0.2) is 0 Å². The van der Waals surface area contributed by atoms with Crippen molar-refractivity contribution in [3.05, 3.63) is 33.3 Å². The Labute approximate surface area is 104 Å². The predicted octanol–water partition coefficient (Wildman–Crippen LogP) is 3.38. The van der Waals surface area contributed by atoms with Gasteiger partial charge in [-0.15, -0.1) is 0 Å². The molecule has 1 aromatic rings. The summed E-state index contributed by atoms with van der Waals surface area (Å²) in [5.74, 6) is -0.150. The Hall–Kier alpha value is -1.62. The van der Waals surface area contributed by atoms with Crippen LogP contribution in [0, 0.1) is 10.1 Å². The molecule has 0 saturated heterocycles. The number of nitrogens with one attached hydrogen (secondary N) is 1. The van der Waals surface area contributed by atoms with Gasteiger partial charge < -0.3 is 5.32 Å². The number of anilines is 1. The van der Waals surface area contributed by atoms with Gasteiger partial charge in [0.1, 0.15) is 5.02 Å². The topological polar surface area (TPSA) is 72.2 Å². The Kier molecular flexibility index (Phi) is 4.90. The number of nitrogens with zero attached hydrogens (tertiary/aromatic N) is 1. The zero-order valence-electron chi connectivity index (χ0n) is 9.40. The molecule has 0 saturated carbocycles. The van der Waals surface area contributed by atoms with Gasteiger partial charge in [0, 0.05) is 18.2 Å². The summed E-state index contributed by atoms with van der Waals surface area (Å²) < 4.78 is 0. The average Bonchev–Trinajstić information content (AvgIpc) is 2.28. The second kappa shape index (κ2) is 6.20. The van der Waals surface area contributed by atoms with Crippen LogP contribution in [-0.2, 0) is 4.79 Å². The third-order valence-electron chi connectivity index (χ3n) is 2.18. The summed E-state index contributed by atoms with van der Waals surface area (Å²) in [7, 11) is 0. The van der Waals surface area contributed by atoms with Gasteiger partial charge in [0.05, 0.1) is 4.92 Å². The van der Waals surface area contributed by atoms with Crippen molar-refractivity contribution < 1.29 is 9.72 Å². The van der Waals surface area contributed by atoms with E-state index in [1.165, 1.54) is 12.1 Å². The quantitative estimate of drug-likeness (QED) is 0.648. The van der Waals surface area contributed by atoms with Gasteiger partial charge >= 0.3 is 0 Å². The van der Waals surface area contributed by atoms with Crippen molar-refractivity contribution in [3.8, 4) is 0 Å². The molecule has 0 radical (unpaired) electrons. The first-order chi connectivity index (χ1) is 8.04. The highest BCUT2D eigenvalue weighted by Gasteiger charge is 2.13. The van der Waals surface area contributed by atoms with Crippen LogP contribution in [-0.4, -0.2) is 10.8 Å². The third kappa shape index (κ3) is 4.03. The first kappa shape index (κ1) is 13.4. The zero-order valence-corrected chi connectivity index (χ0v) is 10.2. The van der Waals surface area contributed by atoms with Crippen molar-refractivity contribution in [1.82, 2.24) is 0 Å². The molecule has 17 heavy (non-hydrogen) atoms. The van der Waals surface area contributed by atoms with Gasteiger partial charge in [-0.1, -0.05) is 24.9 Å². The molecule has 1 N–H and O–H groups in total. The van der Waals surface area contributed by atoms with E-state index < -0.39 is 4.92 Å². The molecular weight excluding hydrogens is 244 g/mol. The minimum absolute atomic E-state index is 0.0570. The maximum Gasteiger partial charge on any atom is 0.289 e. The van der Waals surface area contributed by atoms with Gasteiger partial charge in [-0.3, -0.25) is 14.9 Å². The van der Waals surface area contributed by atoms with Crippen LogP contribution >= 0.6 is 11.6 Å². The molecule has 0 aromatic heterocycles. The van der Waals surface area contributed by atoms with E-state index in [1.54, 1.807) is 6.07 Å². The highest BCUT2D eigenvalue weighted by Crippen LogP contribution is 2.27. The number of amides is 1. The van der Waals surface area contributed by atoms with E-state index in [0.717, 1.165) is 12.8 Å². The van der Waals surface area contributed by atoms with E-state index in [4.69, 9.17) is 11.6 Å². The molecule has 0 aliphatic rings. The second-order valence-electron chi connectivity index (χ2n) is 3.58. The van der Waals surface area contributed by atoms with E-state index in [1.807, 2.05) is 6.92 Å². The summed E-state index contributed by atoms with van der Waals surface area (Å²) in [5, 5.41) is 13.3. The van der Waals surface area contributed by atoms with Crippen LogP contribution in [0.25, 0.3) is 0 Å². The molecule has 0 fully saturated rings. The summed E-state index contributed by atoms with van der Waals surface area (Å²) in [6.07, 6.45) is 2.13. The van der Waals surface area contributed by atoms with Crippen LogP contribution in [0.2, 0.25) is 5.02 Å². The lowest BCUT2D eigenvalue weighted by atomic mass is 10.2. The summed E-state index contributed by atoms with van der Waals surface area (Å²) in [4.78, 5) is 21.5. The molecule has 0 atom stereocenters. The molecule has 6 heteroatoms. The Balaban J connectivity index is 2.75. The molecule has 92 valence electrons. The molecule has 0 heterocycles. The van der Waals surface area contributed by atoms with Gasteiger partial charge in [-0.2, -0.15) is 0 Å². The fourth-order valence-electron chi connectivity index (χ4n) is 1.29. The Bertz CT molecular complexity index is 435. The SMILES string of the molecule is CCCCC(=O)Nc1ccc(Cl)c([N+](=O)[O-])c1. The van der Waals surface area contributed by atoms with Crippen molar-refractivity contribution in [1.29, 1.82) is 0 Å². The number of hydrogen-bond acceptors (Lipinski definition) is 3. The third-order valence-corrected chi connectivity index (χ3v) is 2.50. The number of benzene rings is 1. The standard InChI is InChI=1S/C11H13ClN2O3/c1-2-3-4-11(15)13-8-5-6-9(12)10(7-8)14(16)17/h5-7H,2-4H2,1H3,(H,13,15). The molecule has 0 aliphatic heterocycles. The highest BCUT2D eigenvalue weighted by atomic mass is 35.5. The van der Waals surface area contributed by atoms with E-state index in [0.29, 0.717) is 12.1 Å². The van der Waals surface area contributed by atoms with E-state index >= 15 is 0 Å². The van der Waals surface area contributed by atoms with Gasteiger partial charge in [-0.25, -0.2) is 0 Å². The van der Waals surface area contributed by atoms with E-state index in [2.05, 4.69) is 5.32 Å². The maximum absolute atomic E-state index is 11.4.